The van der Waals surface area contributed by atoms with Crippen molar-refractivity contribution in [1.82, 2.24) is 5.32 Å². The Morgan fingerprint density at radius 3 is 2.48 bits per heavy atom. The maximum Gasteiger partial charge on any atom is 0.282 e. The van der Waals surface area contributed by atoms with Crippen LogP contribution in [0.2, 0.25) is 0 Å². The second-order valence-corrected chi connectivity index (χ2v) is 4.28. The van der Waals surface area contributed by atoms with Crippen LogP contribution in [-0.4, -0.2) is 36.9 Å². The molecule has 0 aliphatic heterocycles. The summed E-state index contributed by atoms with van der Waals surface area (Å²) in [6.07, 6.45) is -0.563. The number of amides is 1. The van der Waals surface area contributed by atoms with E-state index >= 15 is 0 Å². The highest BCUT2D eigenvalue weighted by Crippen LogP contribution is 2.21. The molecule has 1 aromatic rings. The summed E-state index contributed by atoms with van der Waals surface area (Å²) in [6.45, 7) is 6.33. The lowest BCUT2D eigenvalue weighted by Crippen LogP contribution is -2.36. The van der Waals surface area contributed by atoms with E-state index in [0.29, 0.717) is 18.8 Å². The molecular weight excluding hydrogens is 276 g/mol. The van der Waals surface area contributed by atoms with E-state index < -0.39 is 17.1 Å². The van der Waals surface area contributed by atoms with Crippen molar-refractivity contribution in [1.29, 1.82) is 0 Å². The molecule has 0 radical (unpaired) electrons. The molecule has 0 saturated heterocycles. The number of hydrogen-bond donors (Lipinski definition) is 1. The summed E-state index contributed by atoms with van der Waals surface area (Å²) < 4.78 is 10.6. The fourth-order valence-electron chi connectivity index (χ4n) is 1.90. The minimum Gasteiger partial charge on any atom is -0.351 e. The molecule has 0 spiro atoms. The molecule has 0 aromatic heterocycles. The van der Waals surface area contributed by atoms with Gasteiger partial charge in [0.1, 0.15) is 5.56 Å². The lowest BCUT2D eigenvalue weighted by molar-refractivity contribution is -0.385. The number of nitrogens with zero attached hydrogens (tertiary/aromatic N) is 1. The molecule has 1 N–H and O–H groups in total. The fraction of sp³-hybridized carbons (Fsp3) is 0.500. The molecule has 21 heavy (non-hydrogen) atoms. The standard InChI is InChI=1S/C14H20N2O5/c1-4-20-12(21-5-2)9-15-14(17)13-10(3)7-6-8-11(13)16(18)19/h6-8,12H,4-5,9H2,1-3H3,(H,15,17). The zero-order valence-electron chi connectivity index (χ0n) is 12.4. The number of aryl methyl sites for hydroxylation is 1. The van der Waals surface area contributed by atoms with Gasteiger partial charge in [-0.15, -0.1) is 0 Å². The van der Waals surface area contributed by atoms with Crippen LogP contribution in [0.15, 0.2) is 18.2 Å². The minimum atomic E-state index is -0.565. The molecule has 0 unspecified atom stereocenters. The van der Waals surface area contributed by atoms with Gasteiger partial charge in [0, 0.05) is 19.3 Å². The fourth-order valence-corrected chi connectivity index (χ4v) is 1.90. The van der Waals surface area contributed by atoms with E-state index in [1.807, 2.05) is 13.8 Å². The van der Waals surface area contributed by atoms with Gasteiger partial charge in [0.25, 0.3) is 11.6 Å². The predicted molar refractivity (Wildman–Crippen MR) is 77.2 cm³/mol. The van der Waals surface area contributed by atoms with Crippen LogP contribution < -0.4 is 5.32 Å². The summed E-state index contributed by atoms with van der Waals surface area (Å²) in [6, 6.07) is 4.52. The Bertz CT molecular complexity index is 498. The van der Waals surface area contributed by atoms with Crippen LogP contribution >= 0.6 is 0 Å². The van der Waals surface area contributed by atoms with Crippen molar-refractivity contribution in [3.8, 4) is 0 Å². The monoisotopic (exact) mass is 296 g/mol. The van der Waals surface area contributed by atoms with E-state index in [1.54, 1.807) is 19.1 Å². The van der Waals surface area contributed by atoms with Crippen LogP contribution in [0.1, 0.15) is 29.8 Å². The number of rotatable bonds is 8. The van der Waals surface area contributed by atoms with Gasteiger partial charge in [-0.2, -0.15) is 0 Å². The molecule has 1 rings (SSSR count). The Kier molecular flexibility index (Phi) is 6.77. The predicted octanol–water partition coefficient (Wildman–Crippen LogP) is 2.03. The van der Waals surface area contributed by atoms with Gasteiger partial charge in [-0.25, -0.2) is 0 Å². The summed E-state index contributed by atoms with van der Waals surface area (Å²) in [7, 11) is 0. The number of nitro benzene ring substituents is 1. The second kappa shape index (κ2) is 8.33. The van der Waals surface area contributed by atoms with Crippen molar-refractivity contribution in [3.05, 3.63) is 39.4 Å². The number of nitrogens with one attached hydrogen (secondary N) is 1. The van der Waals surface area contributed by atoms with E-state index in [-0.39, 0.29) is 17.8 Å². The van der Waals surface area contributed by atoms with Gasteiger partial charge in [0.05, 0.1) is 11.5 Å². The zero-order valence-corrected chi connectivity index (χ0v) is 12.4. The molecule has 116 valence electrons. The van der Waals surface area contributed by atoms with E-state index in [1.165, 1.54) is 6.07 Å². The molecule has 1 aromatic carbocycles. The van der Waals surface area contributed by atoms with Gasteiger partial charge in [-0.3, -0.25) is 14.9 Å². The van der Waals surface area contributed by atoms with Gasteiger partial charge >= 0.3 is 0 Å². The van der Waals surface area contributed by atoms with Crippen molar-refractivity contribution >= 4 is 11.6 Å². The molecule has 0 heterocycles. The summed E-state index contributed by atoms with van der Waals surface area (Å²) in [4.78, 5) is 22.6. The SMILES string of the molecule is CCOC(CNC(=O)c1c(C)cccc1[N+](=O)[O-])OCC. The minimum absolute atomic E-state index is 0.0641. The van der Waals surface area contributed by atoms with Crippen LogP contribution in [0.4, 0.5) is 5.69 Å². The third kappa shape index (κ3) is 4.80. The maximum atomic E-state index is 12.2. The lowest BCUT2D eigenvalue weighted by Gasteiger charge is -2.17. The van der Waals surface area contributed by atoms with Crippen molar-refractivity contribution in [2.24, 2.45) is 0 Å². The number of hydrogen-bond acceptors (Lipinski definition) is 5. The highest BCUT2D eigenvalue weighted by Gasteiger charge is 2.22. The Morgan fingerprint density at radius 1 is 1.33 bits per heavy atom. The van der Waals surface area contributed by atoms with Crippen molar-refractivity contribution in [3.63, 3.8) is 0 Å². The van der Waals surface area contributed by atoms with Crippen molar-refractivity contribution in [2.45, 2.75) is 27.1 Å². The topological polar surface area (TPSA) is 90.7 Å². The summed E-state index contributed by atoms with van der Waals surface area (Å²) in [5.41, 5.74) is 0.400. The average molecular weight is 296 g/mol. The van der Waals surface area contributed by atoms with E-state index in [0.717, 1.165) is 0 Å². The molecule has 0 fully saturated rings. The first-order chi connectivity index (χ1) is 10.0. The number of nitro groups is 1. The third-order valence-electron chi connectivity index (χ3n) is 2.81. The average Bonchev–Trinajstić information content (AvgIpc) is 2.44. The number of carbonyl (C=O) groups excluding carboxylic acids is 1. The molecule has 0 aliphatic rings. The van der Waals surface area contributed by atoms with Crippen LogP contribution in [0.25, 0.3) is 0 Å². The molecule has 7 nitrogen and oxygen atoms in total. The van der Waals surface area contributed by atoms with Crippen LogP contribution in [0.5, 0.6) is 0 Å². The number of ether oxygens (including phenoxy) is 2. The van der Waals surface area contributed by atoms with Crippen molar-refractivity contribution in [2.75, 3.05) is 19.8 Å². The van der Waals surface area contributed by atoms with Gasteiger partial charge in [-0.05, 0) is 26.3 Å². The first-order valence-electron chi connectivity index (χ1n) is 6.76. The molecule has 1 amide bonds. The molecule has 0 aliphatic carbocycles. The van der Waals surface area contributed by atoms with Gasteiger partial charge in [-0.1, -0.05) is 12.1 Å². The van der Waals surface area contributed by atoms with E-state index in [4.69, 9.17) is 9.47 Å². The summed E-state index contributed by atoms with van der Waals surface area (Å²) in [5.74, 6) is -0.510. The normalized spacial score (nSPS) is 10.7. The van der Waals surface area contributed by atoms with Gasteiger partial charge in [0.2, 0.25) is 0 Å². The van der Waals surface area contributed by atoms with E-state index in [2.05, 4.69) is 5.32 Å². The first kappa shape index (κ1) is 17.1. The van der Waals surface area contributed by atoms with E-state index in [9.17, 15) is 14.9 Å². The quantitative estimate of drug-likeness (QED) is 0.450. The van der Waals surface area contributed by atoms with Crippen LogP contribution in [-0.2, 0) is 9.47 Å². The highest BCUT2D eigenvalue weighted by atomic mass is 16.7. The Morgan fingerprint density at radius 2 is 1.95 bits per heavy atom. The first-order valence-corrected chi connectivity index (χ1v) is 6.76. The lowest BCUT2D eigenvalue weighted by atomic mass is 10.1. The maximum absolute atomic E-state index is 12.2. The van der Waals surface area contributed by atoms with Crippen LogP contribution in [0.3, 0.4) is 0 Å². The Hall–Kier alpha value is -1.99. The number of carbonyl (C=O) groups is 1. The smallest absolute Gasteiger partial charge is 0.282 e. The van der Waals surface area contributed by atoms with Gasteiger partial charge < -0.3 is 14.8 Å². The molecule has 0 saturated carbocycles. The summed E-state index contributed by atoms with van der Waals surface area (Å²) in [5, 5.41) is 13.6. The Labute approximate surface area is 123 Å². The Balaban J connectivity index is 2.82. The molecule has 0 atom stereocenters. The second-order valence-electron chi connectivity index (χ2n) is 4.28. The molecule has 0 bridgehead atoms. The third-order valence-corrected chi connectivity index (χ3v) is 2.81. The number of benzene rings is 1. The van der Waals surface area contributed by atoms with Crippen molar-refractivity contribution < 1.29 is 19.2 Å². The largest absolute Gasteiger partial charge is 0.351 e. The zero-order chi connectivity index (χ0) is 15.8. The molecular formula is C14H20N2O5. The van der Waals surface area contributed by atoms with Crippen LogP contribution in [0, 0.1) is 17.0 Å². The summed E-state index contributed by atoms with van der Waals surface area (Å²) >= 11 is 0. The highest BCUT2D eigenvalue weighted by molar-refractivity contribution is 5.99. The van der Waals surface area contributed by atoms with Gasteiger partial charge in [0.15, 0.2) is 6.29 Å². The molecule has 7 heteroatoms.